The molecule has 0 unspecified atom stereocenters. The first-order chi connectivity index (χ1) is 7.93. The van der Waals surface area contributed by atoms with Crippen molar-refractivity contribution in [1.29, 1.82) is 0 Å². The molecule has 1 aromatic heterocycles. The Morgan fingerprint density at radius 3 is 2.59 bits per heavy atom. The maximum atomic E-state index is 11.2. The van der Waals surface area contributed by atoms with E-state index >= 15 is 0 Å². The van der Waals surface area contributed by atoms with E-state index in [0.717, 1.165) is 16.5 Å². The SMILES string of the molecule is Cc1cccc2ccc(C(C)(C)C(=O)O)nc12. The molecule has 2 rings (SSSR count). The Morgan fingerprint density at radius 1 is 1.24 bits per heavy atom. The van der Waals surface area contributed by atoms with Gasteiger partial charge in [0, 0.05) is 5.39 Å². The highest BCUT2D eigenvalue weighted by Crippen LogP contribution is 2.25. The standard InChI is InChI=1S/C14H15NO2/c1-9-5-4-6-10-7-8-11(15-12(9)10)14(2,3)13(16)17/h4-8H,1-3H3,(H,16,17). The average molecular weight is 229 g/mol. The van der Waals surface area contributed by atoms with Crippen molar-refractivity contribution >= 4 is 16.9 Å². The zero-order chi connectivity index (χ0) is 12.6. The Labute approximate surface area is 100 Å². The van der Waals surface area contributed by atoms with E-state index in [2.05, 4.69) is 4.98 Å². The maximum Gasteiger partial charge on any atom is 0.315 e. The van der Waals surface area contributed by atoms with Gasteiger partial charge in [-0.05, 0) is 32.4 Å². The van der Waals surface area contributed by atoms with Crippen LogP contribution < -0.4 is 0 Å². The van der Waals surface area contributed by atoms with Gasteiger partial charge < -0.3 is 5.11 Å². The summed E-state index contributed by atoms with van der Waals surface area (Å²) in [4.78, 5) is 15.7. The van der Waals surface area contributed by atoms with Gasteiger partial charge in [-0.3, -0.25) is 9.78 Å². The monoisotopic (exact) mass is 229 g/mol. The van der Waals surface area contributed by atoms with Crippen molar-refractivity contribution in [3.63, 3.8) is 0 Å². The van der Waals surface area contributed by atoms with E-state index in [9.17, 15) is 9.90 Å². The van der Waals surface area contributed by atoms with Gasteiger partial charge >= 0.3 is 5.97 Å². The molecule has 3 nitrogen and oxygen atoms in total. The van der Waals surface area contributed by atoms with Crippen LogP contribution in [0.3, 0.4) is 0 Å². The van der Waals surface area contributed by atoms with E-state index in [0.29, 0.717) is 5.69 Å². The molecule has 0 saturated carbocycles. The minimum atomic E-state index is -0.962. The third-order valence-corrected chi connectivity index (χ3v) is 3.10. The van der Waals surface area contributed by atoms with Gasteiger partial charge in [0.2, 0.25) is 0 Å². The molecule has 0 radical (unpaired) electrons. The van der Waals surface area contributed by atoms with Crippen molar-refractivity contribution in [2.75, 3.05) is 0 Å². The Balaban J connectivity index is 2.66. The number of rotatable bonds is 2. The topological polar surface area (TPSA) is 50.2 Å². The van der Waals surface area contributed by atoms with E-state index in [1.54, 1.807) is 19.9 Å². The largest absolute Gasteiger partial charge is 0.481 e. The van der Waals surface area contributed by atoms with Crippen LogP contribution in [0.25, 0.3) is 10.9 Å². The molecule has 0 saturated heterocycles. The number of fused-ring (bicyclic) bond motifs is 1. The van der Waals surface area contributed by atoms with E-state index in [-0.39, 0.29) is 0 Å². The third-order valence-electron chi connectivity index (χ3n) is 3.10. The normalized spacial score (nSPS) is 11.7. The van der Waals surface area contributed by atoms with Crippen LogP contribution in [0.1, 0.15) is 25.1 Å². The molecule has 17 heavy (non-hydrogen) atoms. The number of nitrogens with zero attached hydrogens (tertiary/aromatic N) is 1. The van der Waals surface area contributed by atoms with Crippen molar-refractivity contribution < 1.29 is 9.90 Å². The number of aryl methyl sites for hydroxylation is 1. The lowest BCUT2D eigenvalue weighted by Gasteiger charge is -2.19. The zero-order valence-electron chi connectivity index (χ0n) is 10.2. The number of carbonyl (C=O) groups is 1. The molecular formula is C14H15NO2. The van der Waals surface area contributed by atoms with Gasteiger partial charge in [0.15, 0.2) is 0 Å². The zero-order valence-corrected chi connectivity index (χ0v) is 10.2. The van der Waals surface area contributed by atoms with Crippen LogP contribution >= 0.6 is 0 Å². The van der Waals surface area contributed by atoms with Gasteiger partial charge in [-0.2, -0.15) is 0 Å². The van der Waals surface area contributed by atoms with E-state index in [4.69, 9.17) is 0 Å². The second-order valence-corrected chi connectivity index (χ2v) is 4.77. The first kappa shape index (κ1) is 11.6. The number of para-hydroxylation sites is 1. The van der Waals surface area contributed by atoms with E-state index in [1.165, 1.54) is 0 Å². The smallest absolute Gasteiger partial charge is 0.315 e. The molecule has 0 aliphatic heterocycles. The maximum absolute atomic E-state index is 11.2. The Bertz CT molecular complexity index is 588. The summed E-state index contributed by atoms with van der Waals surface area (Å²) in [5.41, 5.74) is 1.56. The third kappa shape index (κ3) is 1.88. The van der Waals surface area contributed by atoms with Crippen LogP contribution in [0, 0.1) is 6.92 Å². The molecule has 0 bridgehead atoms. The molecule has 3 heteroatoms. The number of carboxylic acid groups (broad SMARTS) is 1. The highest BCUT2D eigenvalue weighted by atomic mass is 16.4. The summed E-state index contributed by atoms with van der Waals surface area (Å²) in [6.45, 7) is 5.32. The average Bonchev–Trinajstić information content (AvgIpc) is 2.29. The number of hydrogen-bond acceptors (Lipinski definition) is 2. The number of aliphatic carboxylic acids is 1. The fraction of sp³-hybridized carbons (Fsp3) is 0.286. The lowest BCUT2D eigenvalue weighted by molar-refractivity contribution is -0.142. The second kappa shape index (κ2) is 3.84. The van der Waals surface area contributed by atoms with Gasteiger partial charge in [0.05, 0.1) is 11.2 Å². The lowest BCUT2D eigenvalue weighted by atomic mass is 9.88. The van der Waals surface area contributed by atoms with Crippen LogP contribution in [0.4, 0.5) is 0 Å². The number of carboxylic acids is 1. The predicted octanol–water partition coefficient (Wildman–Crippen LogP) is 2.91. The van der Waals surface area contributed by atoms with Crippen molar-refractivity contribution in [2.24, 2.45) is 0 Å². The minimum absolute atomic E-state index is 0.590. The van der Waals surface area contributed by atoms with Crippen molar-refractivity contribution in [1.82, 2.24) is 4.98 Å². The molecule has 0 fully saturated rings. The molecule has 0 aliphatic rings. The Morgan fingerprint density at radius 2 is 1.94 bits per heavy atom. The molecule has 0 amide bonds. The second-order valence-electron chi connectivity index (χ2n) is 4.77. The van der Waals surface area contributed by atoms with Crippen molar-refractivity contribution in [2.45, 2.75) is 26.2 Å². The molecule has 2 aromatic rings. The summed E-state index contributed by atoms with van der Waals surface area (Å²) in [5.74, 6) is -0.863. The molecule has 88 valence electrons. The first-order valence-electron chi connectivity index (χ1n) is 5.53. The summed E-state index contributed by atoms with van der Waals surface area (Å²) in [6, 6.07) is 9.65. The van der Waals surface area contributed by atoms with E-state index in [1.807, 2.05) is 31.2 Å². The quantitative estimate of drug-likeness (QED) is 0.861. The van der Waals surface area contributed by atoms with Gasteiger partial charge in [0.1, 0.15) is 5.41 Å². The molecule has 0 spiro atoms. The van der Waals surface area contributed by atoms with Gasteiger partial charge in [0.25, 0.3) is 0 Å². The fourth-order valence-electron chi connectivity index (χ4n) is 1.75. The van der Waals surface area contributed by atoms with Crippen LogP contribution in [0.5, 0.6) is 0 Å². The number of aromatic nitrogens is 1. The molecule has 0 aliphatic carbocycles. The summed E-state index contributed by atoms with van der Waals surface area (Å²) in [6.07, 6.45) is 0. The molecule has 0 atom stereocenters. The van der Waals surface area contributed by atoms with Gasteiger partial charge in [-0.25, -0.2) is 0 Å². The molecule has 1 N–H and O–H groups in total. The first-order valence-corrected chi connectivity index (χ1v) is 5.53. The van der Waals surface area contributed by atoms with Gasteiger partial charge in [-0.1, -0.05) is 24.3 Å². The van der Waals surface area contributed by atoms with Crippen LogP contribution in [-0.2, 0) is 10.2 Å². The summed E-state index contributed by atoms with van der Waals surface area (Å²) in [7, 11) is 0. The van der Waals surface area contributed by atoms with Crippen LogP contribution in [0.15, 0.2) is 30.3 Å². The highest BCUT2D eigenvalue weighted by molar-refractivity contribution is 5.84. The Hall–Kier alpha value is -1.90. The summed E-state index contributed by atoms with van der Waals surface area (Å²) >= 11 is 0. The minimum Gasteiger partial charge on any atom is -0.481 e. The van der Waals surface area contributed by atoms with Crippen LogP contribution in [-0.4, -0.2) is 16.1 Å². The number of pyridine rings is 1. The van der Waals surface area contributed by atoms with Crippen molar-refractivity contribution in [3.05, 3.63) is 41.6 Å². The van der Waals surface area contributed by atoms with Gasteiger partial charge in [-0.15, -0.1) is 0 Å². The van der Waals surface area contributed by atoms with Crippen molar-refractivity contribution in [3.8, 4) is 0 Å². The fourth-order valence-corrected chi connectivity index (χ4v) is 1.75. The lowest BCUT2D eigenvalue weighted by Crippen LogP contribution is -2.29. The molecular weight excluding hydrogens is 214 g/mol. The summed E-state index contributed by atoms with van der Waals surface area (Å²) < 4.78 is 0. The Kier molecular flexibility index (Phi) is 2.62. The van der Waals surface area contributed by atoms with E-state index < -0.39 is 11.4 Å². The molecule has 1 aromatic carbocycles. The number of hydrogen-bond donors (Lipinski definition) is 1. The number of benzene rings is 1. The highest BCUT2D eigenvalue weighted by Gasteiger charge is 2.31. The van der Waals surface area contributed by atoms with Crippen LogP contribution in [0.2, 0.25) is 0 Å². The molecule has 1 heterocycles. The summed E-state index contributed by atoms with van der Waals surface area (Å²) in [5, 5.41) is 10.2. The predicted molar refractivity (Wildman–Crippen MR) is 67.1 cm³/mol.